The van der Waals surface area contributed by atoms with Crippen LogP contribution in [0, 0.1) is 12.3 Å². The number of aromatic nitrogens is 3. The molecule has 2 heterocycles. The lowest BCUT2D eigenvalue weighted by Crippen LogP contribution is -1.95. The van der Waals surface area contributed by atoms with Crippen molar-refractivity contribution in [3.63, 3.8) is 0 Å². The van der Waals surface area contributed by atoms with Crippen LogP contribution in [-0.4, -0.2) is 24.9 Å². The first-order valence-corrected chi connectivity index (χ1v) is 7.32. The molecule has 98 valence electrons. The molecule has 0 saturated heterocycles. The number of fused-ring (bicyclic) bond motifs is 1. The molecule has 2 aromatic heterocycles. The zero-order valence-electron chi connectivity index (χ0n) is 10.5. The molecule has 0 aliphatic carbocycles. The highest BCUT2D eigenvalue weighted by Gasteiger charge is 2.08. The predicted octanol–water partition coefficient (Wildman–Crippen LogP) is 2.37. The van der Waals surface area contributed by atoms with Crippen molar-refractivity contribution in [3.05, 3.63) is 42.7 Å². The predicted molar refractivity (Wildman–Crippen MR) is 79.4 cm³/mol. The van der Waals surface area contributed by atoms with Crippen molar-refractivity contribution in [2.75, 3.05) is 5.75 Å². The molecule has 0 aliphatic rings. The number of imidazole rings is 1. The summed E-state index contributed by atoms with van der Waals surface area (Å²) in [4.78, 5) is 12.4. The van der Waals surface area contributed by atoms with Crippen LogP contribution in [0.25, 0.3) is 22.4 Å². The van der Waals surface area contributed by atoms with Crippen LogP contribution in [0.15, 0.2) is 47.6 Å². The molecular weight excluding hydrogens is 270 g/mol. The molecule has 1 unspecified atom stereocenters. The van der Waals surface area contributed by atoms with Crippen molar-refractivity contribution in [1.29, 1.82) is 0 Å². The van der Waals surface area contributed by atoms with Gasteiger partial charge >= 0.3 is 0 Å². The van der Waals surface area contributed by atoms with Gasteiger partial charge in [-0.05, 0) is 18.2 Å². The van der Waals surface area contributed by atoms with Gasteiger partial charge in [0.15, 0.2) is 0 Å². The summed E-state index contributed by atoms with van der Waals surface area (Å²) in [5, 5.41) is 0. The van der Waals surface area contributed by atoms with Gasteiger partial charge < -0.3 is 4.98 Å². The van der Waals surface area contributed by atoms with Crippen LogP contribution >= 0.6 is 0 Å². The number of nitrogens with zero attached hydrogens (tertiary/aromatic N) is 2. The topological polar surface area (TPSA) is 58.6 Å². The maximum atomic E-state index is 11.9. The number of rotatable bonds is 3. The second kappa shape index (κ2) is 5.27. The molecule has 0 aliphatic heterocycles. The average Bonchev–Trinajstić information content (AvgIpc) is 2.91. The van der Waals surface area contributed by atoms with E-state index in [0.717, 1.165) is 22.4 Å². The zero-order chi connectivity index (χ0) is 13.9. The first-order valence-electron chi connectivity index (χ1n) is 6.00. The summed E-state index contributed by atoms with van der Waals surface area (Å²) in [7, 11) is -1.18. The summed E-state index contributed by atoms with van der Waals surface area (Å²) in [6.07, 6.45) is 8.63. The van der Waals surface area contributed by atoms with Crippen molar-refractivity contribution >= 4 is 21.8 Å². The van der Waals surface area contributed by atoms with E-state index in [4.69, 9.17) is 6.42 Å². The Kier molecular flexibility index (Phi) is 3.32. The van der Waals surface area contributed by atoms with E-state index in [0.29, 0.717) is 4.90 Å². The Morgan fingerprint density at radius 1 is 1.35 bits per heavy atom. The highest BCUT2D eigenvalue weighted by molar-refractivity contribution is 7.85. The van der Waals surface area contributed by atoms with Crippen molar-refractivity contribution in [3.8, 4) is 23.7 Å². The van der Waals surface area contributed by atoms with Gasteiger partial charge in [-0.3, -0.25) is 9.19 Å². The molecule has 0 spiro atoms. The summed E-state index contributed by atoms with van der Waals surface area (Å²) in [6, 6.07) is 9.27. The fraction of sp³-hybridized carbons (Fsp3) is 0.0667. The van der Waals surface area contributed by atoms with Gasteiger partial charge in [0.1, 0.15) is 5.82 Å². The summed E-state index contributed by atoms with van der Waals surface area (Å²) in [5.41, 5.74) is 2.60. The third-order valence-electron chi connectivity index (χ3n) is 2.87. The Morgan fingerprint density at radius 2 is 2.25 bits per heavy atom. The molecule has 0 radical (unpaired) electrons. The van der Waals surface area contributed by atoms with Crippen LogP contribution in [0.4, 0.5) is 0 Å². The Labute approximate surface area is 118 Å². The normalized spacial score (nSPS) is 12.2. The SMILES string of the molecule is C#CCS(=O)c1cccc(-c2nc3ccncc3[nH]2)c1. The molecule has 0 fully saturated rings. The van der Waals surface area contributed by atoms with E-state index in [2.05, 4.69) is 20.9 Å². The second-order valence-corrected chi connectivity index (χ2v) is 5.65. The monoisotopic (exact) mass is 281 g/mol. The van der Waals surface area contributed by atoms with Gasteiger partial charge in [-0.1, -0.05) is 18.1 Å². The van der Waals surface area contributed by atoms with Crippen LogP contribution in [0.5, 0.6) is 0 Å². The first-order chi connectivity index (χ1) is 9.78. The molecule has 0 saturated carbocycles. The minimum absolute atomic E-state index is 0.216. The van der Waals surface area contributed by atoms with Crippen molar-refractivity contribution in [2.24, 2.45) is 0 Å². The second-order valence-electron chi connectivity index (χ2n) is 4.20. The molecule has 3 aromatic rings. The number of H-pyrrole nitrogens is 1. The molecule has 1 N–H and O–H groups in total. The lowest BCUT2D eigenvalue weighted by molar-refractivity contribution is 0.685. The molecule has 1 aromatic carbocycles. The molecule has 1 atom stereocenters. The van der Waals surface area contributed by atoms with E-state index in [1.54, 1.807) is 18.5 Å². The number of aromatic amines is 1. The Morgan fingerprint density at radius 3 is 3.05 bits per heavy atom. The minimum atomic E-state index is -1.18. The molecule has 4 nitrogen and oxygen atoms in total. The third kappa shape index (κ3) is 2.33. The van der Waals surface area contributed by atoms with Crippen molar-refractivity contribution in [2.45, 2.75) is 4.90 Å². The number of hydrogen-bond donors (Lipinski definition) is 1. The van der Waals surface area contributed by atoms with E-state index < -0.39 is 10.8 Å². The molecular formula is C15H11N3OS. The Bertz CT molecular complexity index is 799. The van der Waals surface area contributed by atoms with Crippen LogP contribution in [-0.2, 0) is 10.8 Å². The van der Waals surface area contributed by atoms with E-state index >= 15 is 0 Å². The number of pyridine rings is 1. The maximum absolute atomic E-state index is 11.9. The van der Waals surface area contributed by atoms with E-state index in [9.17, 15) is 4.21 Å². The van der Waals surface area contributed by atoms with Crippen LogP contribution in [0.2, 0.25) is 0 Å². The highest BCUT2D eigenvalue weighted by atomic mass is 32.2. The van der Waals surface area contributed by atoms with E-state index in [1.807, 2.05) is 24.3 Å². The van der Waals surface area contributed by atoms with E-state index in [-0.39, 0.29) is 5.75 Å². The van der Waals surface area contributed by atoms with Gasteiger partial charge in [-0.15, -0.1) is 6.42 Å². The maximum Gasteiger partial charge on any atom is 0.138 e. The Hall–Kier alpha value is -2.45. The van der Waals surface area contributed by atoms with Crippen LogP contribution in [0.3, 0.4) is 0 Å². The molecule has 0 amide bonds. The lowest BCUT2D eigenvalue weighted by atomic mass is 10.2. The number of hydrogen-bond acceptors (Lipinski definition) is 3. The Balaban J connectivity index is 2.04. The first kappa shape index (κ1) is 12.6. The minimum Gasteiger partial charge on any atom is -0.337 e. The van der Waals surface area contributed by atoms with Gasteiger partial charge in [-0.25, -0.2) is 4.98 Å². The summed E-state index contributed by atoms with van der Waals surface area (Å²) in [5.74, 6) is 3.36. The third-order valence-corrected chi connectivity index (χ3v) is 4.08. The standard InChI is InChI=1S/C15H11N3OS/c1-2-8-20(19)12-5-3-4-11(9-12)15-17-13-6-7-16-10-14(13)18-15/h1,3-7,9-10H,8H2,(H,17,18). The molecule has 0 bridgehead atoms. The summed E-state index contributed by atoms with van der Waals surface area (Å²) < 4.78 is 11.9. The quantitative estimate of drug-likeness (QED) is 0.750. The number of terminal acetylenes is 1. The molecule has 3 rings (SSSR count). The van der Waals surface area contributed by atoms with Gasteiger partial charge in [0.2, 0.25) is 0 Å². The molecule has 5 heteroatoms. The van der Waals surface area contributed by atoms with Crippen LogP contribution < -0.4 is 0 Å². The molecule has 20 heavy (non-hydrogen) atoms. The fourth-order valence-electron chi connectivity index (χ4n) is 1.94. The number of nitrogens with one attached hydrogen (secondary N) is 1. The van der Waals surface area contributed by atoms with Crippen molar-refractivity contribution in [1.82, 2.24) is 15.0 Å². The smallest absolute Gasteiger partial charge is 0.138 e. The zero-order valence-corrected chi connectivity index (χ0v) is 11.4. The largest absolute Gasteiger partial charge is 0.337 e. The van der Waals surface area contributed by atoms with Gasteiger partial charge in [0, 0.05) is 16.7 Å². The van der Waals surface area contributed by atoms with Gasteiger partial charge in [0.05, 0.1) is 33.8 Å². The average molecular weight is 281 g/mol. The van der Waals surface area contributed by atoms with E-state index in [1.165, 1.54) is 0 Å². The van der Waals surface area contributed by atoms with Crippen molar-refractivity contribution < 1.29 is 4.21 Å². The van der Waals surface area contributed by atoms with Gasteiger partial charge in [-0.2, -0.15) is 0 Å². The summed E-state index contributed by atoms with van der Waals surface area (Å²) >= 11 is 0. The fourth-order valence-corrected chi connectivity index (χ4v) is 2.74. The highest BCUT2D eigenvalue weighted by Crippen LogP contribution is 2.22. The number of benzene rings is 1. The lowest BCUT2D eigenvalue weighted by Gasteiger charge is -2.01. The van der Waals surface area contributed by atoms with Gasteiger partial charge in [0.25, 0.3) is 0 Å². The van der Waals surface area contributed by atoms with Crippen LogP contribution in [0.1, 0.15) is 0 Å². The summed E-state index contributed by atoms with van der Waals surface area (Å²) in [6.45, 7) is 0.